The molecule has 0 aliphatic carbocycles. The minimum absolute atomic E-state index is 0.160. The van der Waals surface area contributed by atoms with Gasteiger partial charge in [-0.2, -0.15) is 0 Å². The van der Waals surface area contributed by atoms with Crippen LogP contribution in [0.15, 0.2) is 60.8 Å². The van der Waals surface area contributed by atoms with Crippen molar-refractivity contribution < 1.29 is 52.2 Å². The molecule has 0 bridgehead atoms. The van der Waals surface area contributed by atoms with E-state index in [-0.39, 0.29) is 25.9 Å². The van der Waals surface area contributed by atoms with Crippen LogP contribution in [0.3, 0.4) is 0 Å². The Morgan fingerprint density at radius 2 is 0.708 bits per heavy atom. The number of carbonyl (C=O) groups is 3. The fourth-order valence-electron chi connectivity index (χ4n) is 7.89. The van der Waals surface area contributed by atoms with Gasteiger partial charge in [0.15, 0.2) is 6.10 Å². The molecule has 3 atom stereocenters. The number of carbonyl (C=O) groups excluding carboxylic acids is 3. The highest BCUT2D eigenvalue weighted by molar-refractivity contribution is 7.47. The first kappa shape index (κ1) is 69.2. The fraction of sp³-hybridized carbons (Fsp3) is 0.783. The van der Waals surface area contributed by atoms with Crippen molar-refractivity contribution in [1.82, 2.24) is 0 Å². The number of phosphoric ester groups is 1. The molecule has 11 nitrogen and oxygen atoms in total. The van der Waals surface area contributed by atoms with Gasteiger partial charge in [-0.05, 0) is 103 Å². The van der Waals surface area contributed by atoms with Crippen molar-refractivity contribution in [2.24, 2.45) is 0 Å². The summed E-state index contributed by atoms with van der Waals surface area (Å²) in [7, 11) is -4.75. The molecule has 0 radical (unpaired) electrons. The Balaban J connectivity index is 4.72. The van der Waals surface area contributed by atoms with E-state index in [2.05, 4.69) is 81.5 Å². The molecule has 0 aromatic heterocycles. The van der Waals surface area contributed by atoms with Gasteiger partial charge in [-0.3, -0.25) is 23.4 Å². The molecular formula is C60H107O11P. The van der Waals surface area contributed by atoms with E-state index in [0.717, 1.165) is 116 Å². The number of allylic oxidation sites excluding steroid dienone is 10. The third kappa shape index (κ3) is 52.1. The van der Waals surface area contributed by atoms with Gasteiger partial charge < -0.3 is 24.2 Å². The number of hydrogen-bond acceptors (Lipinski definition) is 10. The maximum Gasteiger partial charge on any atom is 0.472 e. The van der Waals surface area contributed by atoms with Crippen molar-refractivity contribution in [3.8, 4) is 0 Å². The zero-order valence-corrected chi connectivity index (χ0v) is 47.0. The van der Waals surface area contributed by atoms with E-state index in [1.807, 2.05) is 0 Å². The Bertz CT molecular complexity index is 1440. The highest BCUT2D eigenvalue weighted by atomic mass is 31.2. The van der Waals surface area contributed by atoms with Gasteiger partial charge in [-0.15, -0.1) is 0 Å². The largest absolute Gasteiger partial charge is 0.472 e. The number of phosphoric acid groups is 1. The van der Waals surface area contributed by atoms with Gasteiger partial charge in [-0.1, -0.05) is 204 Å². The standard InChI is InChI=1S/C60H107O11P/c1-4-7-10-13-16-19-22-25-26-27-28-29-30-33-36-39-42-45-48-51-60(64)71-57(53-67-58(62)49-46-43-40-37-34-31-23-20-17-14-11-8-5-2)55-69-72(65,66)68-54-56(52-61)70-59(63)50-47-44-41-38-35-32-24-21-18-15-12-9-6-3/h12,15-16,19-21,23-26,56-57,61H,4-11,13-14,17-18,22,27-55H2,1-3H3,(H,65,66)/b15-12-,19-16-,23-20-,24-21-,26-25-. The van der Waals surface area contributed by atoms with Crippen LogP contribution in [0.25, 0.3) is 0 Å². The number of aliphatic hydroxyl groups is 1. The van der Waals surface area contributed by atoms with Crippen molar-refractivity contribution in [2.45, 2.75) is 277 Å². The number of rotatable bonds is 54. The van der Waals surface area contributed by atoms with Crippen LogP contribution < -0.4 is 0 Å². The van der Waals surface area contributed by atoms with Gasteiger partial charge in [0, 0.05) is 19.3 Å². The van der Waals surface area contributed by atoms with Crippen molar-refractivity contribution >= 4 is 25.7 Å². The summed E-state index contributed by atoms with van der Waals surface area (Å²) in [5.41, 5.74) is 0. The Kier molecular flexibility index (Phi) is 52.3. The van der Waals surface area contributed by atoms with Crippen molar-refractivity contribution in [2.75, 3.05) is 26.4 Å². The molecule has 418 valence electrons. The quantitative estimate of drug-likeness (QED) is 0.0197. The highest BCUT2D eigenvalue weighted by Crippen LogP contribution is 2.43. The Morgan fingerprint density at radius 1 is 0.389 bits per heavy atom. The van der Waals surface area contributed by atoms with Gasteiger partial charge in [0.1, 0.15) is 12.7 Å². The molecule has 0 aromatic rings. The lowest BCUT2D eigenvalue weighted by Gasteiger charge is -2.21. The van der Waals surface area contributed by atoms with Crippen LogP contribution in [0.5, 0.6) is 0 Å². The number of hydrogen-bond donors (Lipinski definition) is 2. The zero-order valence-electron chi connectivity index (χ0n) is 46.1. The second-order valence-corrected chi connectivity index (χ2v) is 20.9. The van der Waals surface area contributed by atoms with Crippen LogP contribution in [0.2, 0.25) is 0 Å². The summed E-state index contributed by atoms with van der Waals surface area (Å²) in [4.78, 5) is 48.5. The van der Waals surface area contributed by atoms with Crippen LogP contribution in [0, 0.1) is 0 Å². The third-order valence-corrected chi connectivity index (χ3v) is 13.3. The SMILES string of the molecule is CCC/C=C\C/C=C\CCCCCCCC(=O)OC(CO)COP(=O)(O)OCC(COC(=O)CCCCCCC/C=C\CCCCCC)OC(=O)CCCCCCCCCCC/C=C\C/C=C\CCCCC. The van der Waals surface area contributed by atoms with Gasteiger partial charge in [0.25, 0.3) is 0 Å². The predicted octanol–water partition coefficient (Wildman–Crippen LogP) is 17.1. The monoisotopic (exact) mass is 1030 g/mol. The average molecular weight is 1040 g/mol. The van der Waals surface area contributed by atoms with E-state index in [0.29, 0.717) is 19.3 Å². The smallest absolute Gasteiger partial charge is 0.462 e. The highest BCUT2D eigenvalue weighted by Gasteiger charge is 2.28. The summed E-state index contributed by atoms with van der Waals surface area (Å²) in [6.45, 7) is 4.53. The number of ether oxygens (including phenoxy) is 3. The molecule has 12 heteroatoms. The first-order valence-corrected chi connectivity index (χ1v) is 30.7. The van der Waals surface area contributed by atoms with Crippen LogP contribution in [-0.2, 0) is 42.2 Å². The maximum atomic E-state index is 12.9. The molecule has 0 saturated heterocycles. The van der Waals surface area contributed by atoms with E-state index in [1.165, 1.54) is 89.9 Å². The summed E-state index contributed by atoms with van der Waals surface area (Å²) in [5.74, 6) is -1.49. The molecule has 0 spiro atoms. The van der Waals surface area contributed by atoms with Gasteiger partial charge in [-0.25, -0.2) is 4.57 Å². The molecule has 0 aromatic carbocycles. The topological polar surface area (TPSA) is 155 Å². The van der Waals surface area contributed by atoms with Gasteiger partial charge in [0.2, 0.25) is 0 Å². The van der Waals surface area contributed by atoms with Crippen molar-refractivity contribution in [3.05, 3.63) is 60.8 Å². The lowest BCUT2D eigenvalue weighted by atomic mass is 10.1. The molecular weight excluding hydrogens is 928 g/mol. The second kappa shape index (κ2) is 54.4. The van der Waals surface area contributed by atoms with Crippen LogP contribution >= 0.6 is 7.82 Å². The summed E-state index contributed by atoms with van der Waals surface area (Å²) in [6.07, 6.45) is 58.9. The van der Waals surface area contributed by atoms with Gasteiger partial charge >= 0.3 is 25.7 Å². The second-order valence-electron chi connectivity index (χ2n) is 19.4. The normalized spacial score (nSPS) is 13.8. The van der Waals surface area contributed by atoms with Crippen LogP contribution in [-0.4, -0.2) is 66.5 Å². The molecule has 0 amide bonds. The van der Waals surface area contributed by atoms with Crippen LogP contribution in [0.4, 0.5) is 0 Å². The lowest BCUT2D eigenvalue weighted by Crippen LogP contribution is -2.30. The lowest BCUT2D eigenvalue weighted by molar-refractivity contribution is -0.161. The predicted molar refractivity (Wildman–Crippen MR) is 298 cm³/mol. The molecule has 0 aliphatic heterocycles. The van der Waals surface area contributed by atoms with E-state index < -0.39 is 57.8 Å². The molecule has 72 heavy (non-hydrogen) atoms. The first-order valence-electron chi connectivity index (χ1n) is 29.2. The van der Waals surface area contributed by atoms with Crippen molar-refractivity contribution in [1.29, 1.82) is 0 Å². The first-order chi connectivity index (χ1) is 35.2. The number of esters is 3. The molecule has 2 N–H and O–H groups in total. The zero-order chi connectivity index (χ0) is 52.7. The summed E-state index contributed by atoms with van der Waals surface area (Å²) < 4.78 is 39.5. The molecule has 0 rings (SSSR count). The summed E-state index contributed by atoms with van der Waals surface area (Å²) in [5, 5.41) is 9.80. The Morgan fingerprint density at radius 3 is 1.12 bits per heavy atom. The van der Waals surface area contributed by atoms with E-state index in [4.69, 9.17) is 23.3 Å². The van der Waals surface area contributed by atoms with Crippen molar-refractivity contribution in [3.63, 3.8) is 0 Å². The third-order valence-electron chi connectivity index (χ3n) is 12.4. The minimum atomic E-state index is -4.75. The average Bonchev–Trinajstić information content (AvgIpc) is 3.37. The Labute approximate surface area is 440 Å². The maximum absolute atomic E-state index is 12.9. The molecule has 0 heterocycles. The van der Waals surface area contributed by atoms with E-state index in [1.54, 1.807) is 0 Å². The van der Waals surface area contributed by atoms with E-state index >= 15 is 0 Å². The van der Waals surface area contributed by atoms with E-state index in [9.17, 15) is 28.9 Å². The minimum Gasteiger partial charge on any atom is -0.462 e. The number of unbranched alkanes of at least 4 members (excludes halogenated alkanes) is 27. The molecule has 0 aliphatic rings. The fourth-order valence-corrected chi connectivity index (χ4v) is 8.67. The molecule has 3 unspecified atom stereocenters. The summed E-state index contributed by atoms with van der Waals surface area (Å²) >= 11 is 0. The Hall–Kier alpha value is -2.82. The molecule has 0 saturated carbocycles. The molecule has 0 fully saturated rings. The van der Waals surface area contributed by atoms with Gasteiger partial charge in [0.05, 0.1) is 19.8 Å². The number of aliphatic hydroxyl groups excluding tert-OH is 1. The van der Waals surface area contributed by atoms with Crippen LogP contribution in [0.1, 0.15) is 265 Å². The summed E-state index contributed by atoms with van der Waals surface area (Å²) in [6, 6.07) is 0.